The average molecular weight is 494 g/mol. The fourth-order valence-electron chi connectivity index (χ4n) is 2.60. The van der Waals surface area contributed by atoms with Crippen LogP contribution in [0.1, 0.15) is 6.92 Å². The molecule has 3 aromatic rings. The lowest BCUT2D eigenvalue weighted by molar-refractivity contribution is -0.155. The summed E-state index contributed by atoms with van der Waals surface area (Å²) in [5.74, 6) is -0.783. The van der Waals surface area contributed by atoms with Crippen molar-refractivity contribution in [3.8, 4) is 5.75 Å². The largest absolute Gasteiger partial charge is 0.482 e. The van der Waals surface area contributed by atoms with E-state index in [0.717, 1.165) is 11.4 Å². The van der Waals surface area contributed by atoms with Crippen molar-refractivity contribution in [1.29, 1.82) is 0 Å². The van der Waals surface area contributed by atoms with Crippen molar-refractivity contribution in [2.45, 2.75) is 13.0 Å². The number of esters is 1. The predicted molar refractivity (Wildman–Crippen MR) is 127 cm³/mol. The van der Waals surface area contributed by atoms with Crippen LogP contribution in [0.15, 0.2) is 66.7 Å². The van der Waals surface area contributed by atoms with Gasteiger partial charge in [-0.1, -0.05) is 53.0 Å². The zero-order valence-electron chi connectivity index (χ0n) is 16.9. The molecular weight excluding hydrogens is 475 g/mol. The number of halogens is 3. The molecule has 0 saturated heterocycles. The number of rotatable bonds is 8. The Morgan fingerprint density at radius 1 is 0.875 bits per heavy atom. The van der Waals surface area contributed by atoms with Crippen molar-refractivity contribution < 1.29 is 19.1 Å². The minimum absolute atomic E-state index is 0.208. The average Bonchev–Trinajstić information content (AvgIpc) is 2.77. The number of para-hydroxylation sites is 1. The van der Waals surface area contributed by atoms with E-state index >= 15 is 0 Å². The van der Waals surface area contributed by atoms with Gasteiger partial charge in [-0.25, -0.2) is 4.79 Å². The van der Waals surface area contributed by atoms with Gasteiger partial charge in [0.05, 0.1) is 20.8 Å². The third kappa shape index (κ3) is 6.79. The highest BCUT2D eigenvalue weighted by Gasteiger charge is 2.20. The van der Waals surface area contributed by atoms with E-state index in [9.17, 15) is 9.59 Å². The molecule has 0 bridgehead atoms. The normalized spacial score (nSPS) is 11.4. The summed E-state index contributed by atoms with van der Waals surface area (Å²) in [6.07, 6.45) is -1.07. The molecule has 1 atom stereocenters. The summed E-state index contributed by atoms with van der Waals surface area (Å²) < 4.78 is 10.5. The number of benzene rings is 3. The van der Waals surface area contributed by atoms with Crippen LogP contribution in [0, 0.1) is 0 Å². The molecule has 0 heterocycles. The van der Waals surface area contributed by atoms with E-state index in [0.29, 0.717) is 5.75 Å². The summed E-state index contributed by atoms with van der Waals surface area (Å²) in [5, 5.41) is 6.49. The van der Waals surface area contributed by atoms with Crippen molar-refractivity contribution in [1.82, 2.24) is 0 Å². The second-order valence-corrected chi connectivity index (χ2v) is 7.89. The standard InChI is InChI=1S/C23H19Cl3N2O4/c1-14(23(30)28-21-12-19(25)18(24)11-20(21)26)32-22(29)13-31-17-9-7-16(8-10-17)27-15-5-3-2-4-6-15/h2-12,14,27H,13H2,1H3,(H,28,30)/t14-/m0/s1. The van der Waals surface area contributed by atoms with Crippen LogP contribution in [-0.2, 0) is 14.3 Å². The molecule has 32 heavy (non-hydrogen) atoms. The molecule has 166 valence electrons. The quantitative estimate of drug-likeness (QED) is 0.283. The Morgan fingerprint density at radius 3 is 2.19 bits per heavy atom. The molecule has 0 aliphatic rings. The van der Waals surface area contributed by atoms with Crippen molar-refractivity contribution in [3.63, 3.8) is 0 Å². The summed E-state index contributed by atoms with van der Waals surface area (Å²) in [6, 6.07) is 19.6. The molecule has 6 nitrogen and oxygen atoms in total. The first kappa shape index (κ1) is 23.7. The summed E-state index contributed by atoms with van der Waals surface area (Å²) >= 11 is 17.8. The first-order valence-corrected chi connectivity index (χ1v) is 10.6. The molecular formula is C23H19Cl3N2O4. The number of carbonyl (C=O) groups excluding carboxylic acids is 2. The summed E-state index contributed by atoms with van der Waals surface area (Å²) in [6.45, 7) is 1.08. The fourth-order valence-corrected chi connectivity index (χ4v) is 3.20. The lowest BCUT2D eigenvalue weighted by Gasteiger charge is -2.15. The maximum Gasteiger partial charge on any atom is 0.344 e. The van der Waals surface area contributed by atoms with Crippen molar-refractivity contribution in [3.05, 3.63) is 81.8 Å². The van der Waals surface area contributed by atoms with Crippen LogP contribution in [0.2, 0.25) is 15.1 Å². The highest BCUT2D eigenvalue weighted by Crippen LogP contribution is 2.32. The lowest BCUT2D eigenvalue weighted by atomic mass is 10.2. The zero-order valence-corrected chi connectivity index (χ0v) is 19.2. The molecule has 3 aromatic carbocycles. The second kappa shape index (κ2) is 11.1. The van der Waals surface area contributed by atoms with E-state index in [1.54, 1.807) is 12.1 Å². The van der Waals surface area contributed by atoms with E-state index < -0.39 is 18.0 Å². The van der Waals surface area contributed by atoms with Gasteiger partial charge in [0.25, 0.3) is 5.91 Å². The highest BCUT2D eigenvalue weighted by atomic mass is 35.5. The van der Waals surface area contributed by atoms with Crippen molar-refractivity contribution in [2.75, 3.05) is 17.2 Å². The third-order valence-electron chi connectivity index (χ3n) is 4.22. The Kier molecular flexibility index (Phi) is 8.22. The third-order valence-corrected chi connectivity index (χ3v) is 5.25. The number of ether oxygens (including phenoxy) is 2. The molecule has 1 amide bonds. The van der Waals surface area contributed by atoms with Gasteiger partial charge in [0, 0.05) is 11.4 Å². The van der Waals surface area contributed by atoms with Gasteiger partial charge in [-0.15, -0.1) is 0 Å². The van der Waals surface area contributed by atoms with Gasteiger partial charge in [0.2, 0.25) is 0 Å². The molecule has 0 spiro atoms. The minimum atomic E-state index is -1.07. The lowest BCUT2D eigenvalue weighted by Crippen LogP contribution is -2.31. The minimum Gasteiger partial charge on any atom is -0.482 e. The second-order valence-electron chi connectivity index (χ2n) is 6.67. The van der Waals surface area contributed by atoms with Crippen LogP contribution in [-0.4, -0.2) is 24.6 Å². The maximum absolute atomic E-state index is 12.3. The number of carbonyl (C=O) groups is 2. The molecule has 0 aliphatic heterocycles. The van der Waals surface area contributed by atoms with Crippen LogP contribution < -0.4 is 15.4 Å². The van der Waals surface area contributed by atoms with Crippen LogP contribution in [0.5, 0.6) is 5.75 Å². The Balaban J connectivity index is 1.46. The molecule has 0 radical (unpaired) electrons. The van der Waals surface area contributed by atoms with Crippen LogP contribution in [0.3, 0.4) is 0 Å². The van der Waals surface area contributed by atoms with Crippen LogP contribution in [0.25, 0.3) is 0 Å². The topological polar surface area (TPSA) is 76.7 Å². The van der Waals surface area contributed by atoms with Gasteiger partial charge >= 0.3 is 5.97 Å². The number of amides is 1. The van der Waals surface area contributed by atoms with E-state index in [1.807, 2.05) is 42.5 Å². The Labute approximate surface area is 200 Å². The van der Waals surface area contributed by atoms with Gasteiger partial charge in [0.15, 0.2) is 12.7 Å². The van der Waals surface area contributed by atoms with E-state index in [1.165, 1.54) is 19.1 Å². The fraction of sp³-hybridized carbons (Fsp3) is 0.130. The molecule has 3 rings (SSSR count). The van der Waals surface area contributed by atoms with E-state index in [2.05, 4.69) is 10.6 Å². The number of nitrogens with one attached hydrogen (secondary N) is 2. The van der Waals surface area contributed by atoms with Crippen molar-refractivity contribution >= 4 is 63.7 Å². The Hall–Kier alpha value is -2.93. The summed E-state index contributed by atoms with van der Waals surface area (Å²) in [4.78, 5) is 24.3. The van der Waals surface area contributed by atoms with Gasteiger partial charge in [0.1, 0.15) is 5.75 Å². The SMILES string of the molecule is C[C@H](OC(=O)COc1ccc(Nc2ccccc2)cc1)C(=O)Nc1cc(Cl)c(Cl)cc1Cl. The molecule has 0 aliphatic carbocycles. The van der Waals surface area contributed by atoms with Crippen LogP contribution in [0.4, 0.5) is 17.1 Å². The van der Waals surface area contributed by atoms with Gasteiger partial charge in [-0.2, -0.15) is 0 Å². The molecule has 9 heteroatoms. The predicted octanol–water partition coefficient (Wildman–Crippen LogP) is 6.34. The van der Waals surface area contributed by atoms with Gasteiger partial charge in [-0.3, -0.25) is 4.79 Å². The van der Waals surface area contributed by atoms with Gasteiger partial charge in [-0.05, 0) is 55.5 Å². The smallest absolute Gasteiger partial charge is 0.344 e. The number of anilines is 3. The Bertz CT molecular complexity index is 1090. The van der Waals surface area contributed by atoms with E-state index in [-0.39, 0.29) is 27.4 Å². The summed E-state index contributed by atoms with van der Waals surface area (Å²) in [7, 11) is 0. The molecule has 0 saturated carbocycles. The first-order valence-electron chi connectivity index (χ1n) is 9.51. The van der Waals surface area contributed by atoms with Gasteiger partial charge < -0.3 is 20.1 Å². The number of hydrogen-bond donors (Lipinski definition) is 2. The monoisotopic (exact) mass is 492 g/mol. The highest BCUT2D eigenvalue weighted by molar-refractivity contribution is 6.44. The molecule has 2 N–H and O–H groups in total. The maximum atomic E-state index is 12.3. The van der Waals surface area contributed by atoms with Crippen LogP contribution >= 0.6 is 34.8 Å². The Morgan fingerprint density at radius 2 is 1.50 bits per heavy atom. The van der Waals surface area contributed by atoms with Crippen molar-refractivity contribution in [2.24, 2.45) is 0 Å². The first-order chi connectivity index (χ1) is 15.3. The molecule has 0 fully saturated rings. The molecule has 0 aromatic heterocycles. The molecule has 0 unspecified atom stereocenters. The van der Waals surface area contributed by atoms with E-state index in [4.69, 9.17) is 44.3 Å². The summed E-state index contributed by atoms with van der Waals surface area (Å²) in [5.41, 5.74) is 2.09. The number of hydrogen-bond acceptors (Lipinski definition) is 5. The zero-order chi connectivity index (χ0) is 23.1.